The molecule has 0 bridgehead atoms. The van der Waals surface area contributed by atoms with Gasteiger partial charge in [-0.1, -0.05) is 176 Å². The molecule has 0 N–H and O–H groups in total. The van der Waals surface area contributed by atoms with Gasteiger partial charge in [-0.15, -0.1) is 0 Å². The Labute approximate surface area is 355 Å². The number of fused-ring (bicyclic) bond motifs is 6. The van der Waals surface area contributed by atoms with Gasteiger partial charge in [-0.05, 0) is 46.5 Å². The zero-order valence-electron chi connectivity index (χ0n) is 33.1. The maximum Gasteiger partial charge on any atom is 0.180 e. The summed E-state index contributed by atoms with van der Waals surface area (Å²) in [5.74, 6) is 2.39. The summed E-state index contributed by atoms with van der Waals surface area (Å²) in [6.07, 6.45) is 0. The van der Waals surface area contributed by atoms with Crippen molar-refractivity contribution >= 4 is 44.0 Å². The van der Waals surface area contributed by atoms with Crippen LogP contribution in [0.3, 0.4) is 0 Å². The molecule has 4 aromatic heterocycles. The molecule has 0 saturated carbocycles. The molecule has 7 heteroatoms. The predicted octanol–water partition coefficient (Wildman–Crippen LogP) is 14.1. The quantitative estimate of drug-likeness (QED) is 0.159. The van der Waals surface area contributed by atoms with Crippen LogP contribution in [0.15, 0.2) is 209 Å². The highest BCUT2D eigenvalue weighted by atomic mass is 16.3. The van der Waals surface area contributed by atoms with Crippen molar-refractivity contribution in [3.63, 3.8) is 0 Å². The van der Waals surface area contributed by atoms with Gasteiger partial charge in [-0.25, -0.2) is 24.9 Å². The fraction of sp³-hybridized carbons (Fsp3) is 0. The van der Waals surface area contributed by atoms with Crippen molar-refractivity contribution in [1.29, 1.82) is 0 Å². The molecule has 12 rings (SSSR count). The number of hydrogen-bond acceptors (Lipinski definition) is 7. The van der Waals surface area contributed by atoms with Gasteiger partial charge in [0.25, 0.3) is 0 Å². The molecule has 0 aliphatic heterocycles. The predicted molar refractivity (Wildman–Crippen MR) is 248 cm³/mol. The maximum atomic E-state index is 6.68. The second-order valence-corrected chi connectivity index (χ2v) is 15.2. The molecule has 12 aromatic rings. The van der Waals surface area contributed by atoms with Crippen molar-refractivity contribution in [1.82, 2.24) is 24.9 Å². The fourth-order valence-corrected chi connectivity index (χ4v) is 8.40. The molecular formula is C55H33N5O2. The molecule has 0 aliphatic rings. The Morgan fingerprint density at radius 1 is 0.290 bits per heavy atom. The lowest BCUT2D eigenvalue weighted by atomic mass is 9.98. The maximum absolute atomic E-state index is 6.68. The first kappa shape index (κ1) is 35.4. The van der Waals surface area contributed by atoms with Gasteiger partial charge in [-0.3, -0.25) is 0 Å². The van der Waals surface area contributed by atoms with Crippen molar-refractivity contribution in [3.05, 3.63) is 200 Å². The van der Waals surface area contributed by atoms with Crippen molar-refractivity contribution in [2.24, 2.45) is 0 Å². The van der Waals surface area contributed by atoms with E-state index in [1.54, 1.807) is 0 Å². The summed E-state index contributed by atoms with van der Waals surface area (Å²) in [6.45, 7) is 0. The summed E-state index contributed by atoms with van der Waals surface area (Å²) >= 11 is 0. The molecule has 0 radical (unpaired) electrons. The molecule has 8 aromatic carbocycles. The van der Waals surface area contributed by atoms with E-state index in [2.05, 4.69) is 91.0 Å². The van der Waals surface area contributed by atoms with Gasteiger partial charge in [0.15, 0.2) is 28.9 Å². The molecule has 4 heterocycles. The minimum atomic E-state index is 0.566. The van der Waals surface area contributed by atoms with E-state index in [4.69, 9.17) is 33.8 Å². The molecule has 0 fully saturated rings. The highest BCUT2D eigenvalue weighted by Crippen LogP contribution is 2.43. The third-order valence-electron chi connectivity index (χ3n) is 11.4. The average Bonchev–Trinajstić information content (AvgIpc) is 3.93. The number of benzene rings is 8. The second-order valence-electron chi connectivity index (χ2n) is 15.2. The lowest BCUT2D eigenvalue weighted by Gasteiger charge is -2.10. The molecule has 0 spiro atoms. The van der Waals surface area contributed by atoms with E-state index in [1.165, 1.54) is 0 Å². The average molecular weight is 796 g/mol. The summed E-state index contributed by atoms with van der Waals surface area (Å²) in [6, 6.07) is 67.5. The minimum absolute atomic E-state index is 0.566. The zero-order chi connectivity index (χ0) is 41.0. The Kier molecular flexibility index (Phi) is 8.35. The summed E-state index contributed by atoms with van der Waals surface area (Å²) in [5.41, 5.74) is 13.1. The van der Waals surface area contributed by atoms with Gasteiger partial charge in [0.05, 0.1) is 5.39 Å². The first-order chi connectivity index (χ1) is 30.7. The molecule has 0 aliphatic carbocycles. The first-order valence-corrected chi connectivity index (χ1v) is 20.5. The molecule has 62 heavy (non-hydrogen) atoms. The Bertz CT molecular complexity index is 3610. The third kappa shape index (κ3) is 6.11. The van der Waals surface area contributed by atoms with E-state index < -0.39 is 0 Å². The van der Waals surface area contributed by atoms with Crippen LogP contribution in [0.25, 0.3) is 123 Å². The molecule has 0 unspecified atom stereocenters. The van der Waals surface area contributed by atoms with Crippen LogP contribution in [0.4, 0.5) is 0 Å². The fourth-order valence-electron chi connectivity index (χ4n) is 8.40. The molecule has 7 nitrogen and oxygen atoms in total. The van der Waals surface area contributed by atoms with Gasteiger partial charge in [0.2, 0.25) is 0 Å². The largest absolute Gasteiger partial charge is 0.456 e. The summed E-state index contributed by atoms with van der Waals surface area (Å²) in [7, 11) is 0. The highest BCUT2D eigenvalue weighted by Gasteiger charge is 2.22. The molecular weight excluding hydrogens is 763 g/mol. The Balaban J connectivity index is 1.01. The number of furan rings is 2. The third-order valence-corrected chi connectivity index (χ3v) is 11.4. The van der Waals surface area contributed by atoms with Crippen LogP contribution in [0.1, 0.15) is 0 Å². The van der Waals surface area contributed by atoms with Crippen LogP contribution in [0.5, 0.6) is 0 Å². The van der Waals surface area contributed by atoms with Crippen molar-refractivity contribution in [3.8, 4) is 79.1 Å². The monoisotopic (exact) mass is 795 g/mol. The van der Waals surface area contributed by atoms with Gasteiger partial charge in [0, 0.05) is 38.6 Å². The normalized spacial score (nSPS) is 11.5. The van der Waals surface area contributed by atoms with Crippen molar-refractivity contribution in [2.45, 2.75) is 0 Å². The first-order valence-electron chi connectivity index (χ1n) is 20.5. The highest BCUT2D eigenvalue weighted by molar-refractivity contribution is 6.16. The standard InChI is InChI=1S/C55H33N5O2/c1-5-15-34(16-6-1)35-27-29-39(30-28-35)54-58-53(38-21-11-4-12-22-38)59-55(60-54)43-24-14-25-44-47(43)42-32-31-40(33-46(42)61-44)41-23-13-26-45-48(41)50-51(62-45)49(36-17-7-2-8-18-36)56-52(57-50)37-19-9-3-10-20-37/h1-33H. The van der Waals surface area contributed by atoms with Crippen LogP contribution in [0, 0.1) is 0 Å². The van der Waals surface area contributed by atoms with E-state index >= 15 is 0 Å². The van der Waals surface area contributed by atoms with Crippen molar-refractivity contribution < 1.29 is 8.83 Å². The van der Waals surface area contributed by atoms with Gasteiger partial charge >= 0.3 is 0 Å². The lowest BCUT2D eigenvalue weighted by Crippen LogP contribution is -2.00. The molecule has 290 valence electrons. The number of nitrogens with zero attached hydrogens (tertiary/aromatic N) is 5. The summed E-state index contributed by atoms with van der Waals surface area (Å²) in [5, 5.41) is 2.81. The van der Waals surface area contributed by atoms with Crippen LogP contribution in [-0.4, -0.2) is 24.9 Å². The lowest BCUT2D eigenvalue weighted by molar-refractivity contribution is 0.667. The zero-order valence-corrected chi connectivity index (χ0v) is 33.1. The van der Waals surface area contributed by atoms with Gasteiger partial charge in [-0.2, -0.15) is 0 Å². The molecule has 0 atom stereocenters. The Hall–Kier alpha value is -8.55. The van der Waals surface area contributed by atoms with E-state index in [1.807, 2.05) is 109 Å². The second kappa shape index (κ2) is 14.6. The summed E-state index contributed by atoms with van der Waals surface area (Å²) in [4.78, 5) is 25.5. The van der Waals surface area contributed by atoms with Gasteiger partial charge < -0.3 is 8.83 Å². The summed E-state index contributed by atoms with van der Waals surface area (Å²) < 4.78 is 13.3. The van der Waals surface area contributed by atoms with E-state index in [-0.39, 0.29) is 0 Å². The topological polar surface area (TPSA) is 90.7 Å². The van der Waals surface area contributed by atoms with Crippen LogP contribution in [-0.2, 0) is 0 Å². The molecule has 0 saturated heterocycles. The van der Waals surface area contributed by atoms with E-state index in [0.29, 0.717) is 28.9 Å². The Morgan fingerprint density at radius 2 is 0.774 bits per heavy atom. The SMILES string of the molecule is c1ccc(-c2ccc(-c3nc(-c4ccccc4)nc(-c4cccc5oc6cc(-c7cccc8oc9c(-c%10ccccc%10)nc(-c%10ccccc%10)nc9c78)ccc6c45)n3)cc2)cc1. The smallest absolute Gasteiger partial charge is 0.180 e. The van der Waals surface area contributed by atoms with E-state index in [9.17, 15) is 0 Å². The minimum Gasteiger partial charge on any atom is -0.456 e. The van der Waals surface area contributed by atoms with Crippen LogP contribution >= 0.6 is 0 Å². The van der Waals surface area contributed by atoms with E-state index in [0.717, 1.165) is 94.2 Å². The van der Waals surface area contributed by atoms with Gasteiger partial charge in [0.1, 0.15) is 28.0 Å². The van der Waals surface area contributed by atoms with Crippen LogP contribution < -0.4 is 0 Å². The van der Waals surface area contributed by atoms with Crippen molar-refractivity contribution in [2.75, 3.05) is 0 Å². The Morgan fingerprint density at radius 3 is 1.42 bits per heavy atom. The van der Waals surface area contributed by atoms with Crippen LogP contribution in [0.2, 0.25) is 0 Å². The number of hydrogen-bond donors (Lipinski definition) is 0. The number of rotatable bonds is 7. The number of aromatic nitrogens is 5. The molecule has 0 amide bonds.